The standard InChI is InChI=1S/C11H19N3O/c1-8(2)13-11(6-4-5-7-11)10-12-9(3)15-14-10/h8,13H,4-7H2,1-3H3. The lowest BCUT2D eigenvalue weighted by Gasteiger charge is -2.29. The number of rotatable bonds is 3. The van der Waals surface area contributed by atoms with E-state index in [1.54, 1.807) is 0 Å². The summed E-state index contributed by atoms with van der Waals surface area (Å²) in [5.74, 6) is 1.49. The van der Waals surface area contributed by atoms with Gasteiger partial charge in [-0.3, -0.25) is 0 Å². The van der Waals surface area contributed by atoms with Crippen molar-refractivity contribution in [3.05, 3.63) is 11.7 Å². The number of aromatic nitrogens is 2. The third kappa shape index (κ3) is 2.04. The normalized spacial score (nSPS) is 20.0. The third-order valence-corrected chi connectivity index (χ3v) is 2.98. The Morgan fingerprint density at radius 1 is 1.33 bits per heavy atom. The summed E-state index contributed by atoms with van der Waals surface area (Å²) in [7, 11) is 0. The van der Waals surface area contributed by atoms with Gasteiger partial charge in [0.15, 0.2) is 5.82 Å². The summed E-state index contributed by atoms with van der Waals surface area (Å²) in [5, 5.41) is 7.67. The smallest absolute Gasteiger partial charge is 0.223 e. The lowest BCUT2D eigenvalue weighted by molar-refractivity contribution is 0.279. The predicted molar refractivity (Wildman–Crippen MR) is 57.5 cm³/mol. The molecule has 0 spiro atoms. The topological polar surface area (TPSA) is 51.0 Å². The largest absolute Gasteiger partial charge is 0.340 e. The molecule has 4 heteroatoms. The fourth-order valence-corrected chi connectivity index (χ4v) is 2.46. The van der Waals surface area contributed by atoms with Crippen molar-refractivity contribution in [3.63, 3.8) is 0 Å². The minimum atomic E-state index is -0.0358. The van der Waals surface area contributed by atoms with Gasteiger partial charge in [-0.2, -0.15) is 4.98 Å². The summed E-state index contributed by atoms with van der Waals surface area (Å²) >= 11 is 0. The van der Waals surface area contributed by atoms with Gasteiger partial charge in [0.2, 0.25) is 5.89 Å². The van der Waals surface area contributed by atoms with E-state index in [1.807, 2.05) is 6.92 Å². The highest BCUT2D eigenvalue weighted by molar-refractivity contribution is 5.08. The van der Waals surface area contributed by atoms with Crippen LogP contribution in [0.3, 0.4) is 0 Å². The highest BCUT2D eigenvalue weighted by atomic mass is 16.5. The number of nitrogens with zero attached hydrogens (tertiary/aromatic N) is 2. The van der Waals surface area contributed by atoms with E-state index in [1.165, 1.54) is 12.8 Å². The molecule has 1 fully saturated rings. The molecule has 1 aliphatic carbocycles. The molecule has 2 rings (SSSR count). The van der Waals surface area contributed by atoms with Crippen LogP contribution in [-0.4, -0.2) is 16.2 Å². The minimum absolute atomic E-state index is 0.0358. The van der Waals surface area contributed by atoms with E-state index in [4.69, 9.17) is 4.52 Å². The fourth-order valence-electron chi connectivity index (χ4n) is 2.46. The van der Waals surface area contributed by atoms with Crippen LogP contribution in [0.5, 0.6) is 0 Å². The quantitative estimate of drug-likeness (QED) is 0.828. The summed E-state index contributed by atoms with van der Waals surface area (Å²) in [6.07, 6.45) is 4.72. The van der Waals surface area contributed by atoms with Gasteiger partial charge in [0.05, 0.1) is 5.54 Å². The Morgan fingerprint density at radius 3 is 2.47 bits per heavy atom. The van der Waals surface area contributed by atoms with E-state index in [2.05, 4.69) is 29.3 Å². The van der Waals surface area contributed by atoms with Gasteiger partial charge in [0.25, 0.3) is 0 Å². The molecule has 15 heavy (non-hydrogen) atoms. The maximum Gasteiger partial charge on any atom is 0.223 e. The van der Waals surface area contributed by atoms with Crippen molar-refractivity contribution < 1.29 is 4.52 Å². The van der Waals surface area contributed by atoms with Crippen molar-refractivity contribution in [2.45, 2.75) is 58.0 Å². The Balaban J connectivity index is 2.26. The van der Waals surface area contributed by atoms with Crippen LogP contribution < -0.4 is 5.32 Å². The van der Waals surface area contributed by atoms with E-state index in [0.717, 1.165) is 18.7 Å². The number of aryl methyl sites for hydroxylation is 1. The maximum atomic E-state index is 5.08. The monoisotopic (exact) mass is 209 g/mol. The van der Waals surface area contributed by atoms with Gasteiger partial charge in [-0.25, -0.2) is 0 Å². The second kappa shape index (κ2) is 3.93. The highest BCUT2D eigenvalue weighted by Crippen LogP contribution is 2.37. The molecule has 0 bridgehead atoms. The number of nitrogens with one attached hydrogen (secondary N) is 1. The van der Waals surface area contributed by atoms with E-state index >= 15 is 0 Å². The molecule has 4 nitrogen and oxygen atoms in total. The maximum absolute atomic E-state index is 5.08. The Morgan fingerprint density at radius 2 is 2.00 bits per heavy atom. The molecule has 0 unspecified atom stereocenters. The zero-order valence-electron chi connectivity index (χ0n) is 9.71. The Labute approximate surface area is 90.4 Å². The molecule has 1 aromatic rings. The molecule has 0 saturated heterocycles. The van der Waals surface area contributed by atoms with Crippen LogP contribution in [0.25, 0.3) is 0 Å². The molecule has 0 radical (unpaired) electrons. The molecule has 0 atom stereocenters. The number of hydrogen-bond donors (Lipinski definition) is 1. The van der Waals surface area contributed by atoms with E-state index in [-0.39, 0.29) is 5.54 Å². The van der Waals surface area contributed by atoms with Gasteiger partial charge in [0, 0.05) is 13.0 Å². The molecular formula is C11H19N3O. The van der Waals surface area contributed by atoms with Crippen molar-refractivity contribution >= 4 is 0 Å². The highest BCUT2D eigenvalue weighted by Gasteiger charge is 2.39. The van der Waals surface area contributed by atoms with Gasteiger partial charge in [-0.15, -0.1) is 0 Å². The molecule has 1 saturated carbocycles. The van der Waals surface area contributed by atoms with Gasteiger partial charge in [-0.05, 0) is 26.7 Å². The summed E-state index contributed by atoms with van der Waals surface area (Å²) in [6.45, 7) is 6.16. The molecular weight excluding hydrogens is 190 g/mol. The first-order valence-electron chi connectivity index (χ1n) is 5.71. The van der Waals surface area contributed by atoms with Crippen molar-refractivity contribution in [2.24, 2.45) is 0 Å². The molecule has 1 aromatic heterocycles. The van der Waals surface area contributed by atoms with Crippen LogP contribution in [0.4, 0.5) is 0 Å². The van der Waals surface area contributed by atoms with Crippen LogP contribution in [0.15, 0.2) is 4.52 Å². The lowest BCUT2D eigenvalue weighted by Crippen LogP contribution is -2.44. The first-order valence-corrected chi connectivity index (χ1v) is 5.71. The van der Waals surface area contributed by atoms with Crippen LogP contribution in [0.1, 0.15) is 51.2 Å². The summed E-state index contributed by atoms with van der Waals surface area (Å²) in [4.78, 5) is 4.38. The SMILES string of the molecule is Cc1nc(C2(NC(C)C)CCCC2)no1. The van der Waals surface area contributed by atoms with Gasteiger partial charge < -0.3 is 9.84 Å². The molecule has 0 amide bonds. The fraction of sp³-hybridized carbons (Fsp3) is 0.818. The van der Waals surface area contributed by atoms with Crippen LogP contribution >= 0.6 is 0 Å². The van der Waals surface area contributed by atoms with Crippen molar-refractivity contribution in [1.29, 1.82) is 0 Å². The zero-order valence-corrected chi connectivity index (χ0v) is 9.71. The van der Waals surface area contributed by atoms with Gasteiger partial charge in [-0.1, -0.05) is 18.0 Å². The number of hydrogen-bond acceptors (Lipinski definition) is 4. The van der Waals surface area contributed by atoms with Crippen LogP contribution in [0, 0.1) is 6.92 Å². The van der Waals surface area contributed by atoms with E-state index in [9.17, 15) is 0 Å². The average molecular weight is 209 g/mol. The molecule has 1 N–H and O–H groups in total. The van der Waals surface area contributed by atoms with Crippen molar-refractivity contribution in [3.8, 4) is 0 Å². The Bertz CT molecular complexity index is 326. The Hall–Kier alpha value is -0.900. The average Bonchev–Trinajstić information content (AvgIpc) is 2.73. The van der Waals surface area contributed by atoms with Gasteiger partial charge >= 0.3 is 0 Å². The van der Waals surface area contributed by atoms with Crippen LogP contribution in [0.2, 0.25) is 0 Å². The molecule has 84 valence electrons. The minimum Gasteiger partial charge on any atom is -0.340 e. The zero-order chi connectivity index (χ0) is 10.9. The lowest BCUT2D eigenvalue weighted by atomic mass is 9.95. The van der Waals surface area contributed by atoms with Crippen molar-refractivity contribution in [2.75, 3.05) is 0 Å². The summed E-state index contributed by atoms with van der Waals surface area (Å²) < 4.78 is 5.08. The molecule has 0 aliphatic heterocycles. The van der Waals surface area contributed by atoms with Gasteiger partial charge in [0.1, 0.15) is 0 Å². The first-order chi connectivity index (χ1) is 7.12. The first kappa shape index (κ1) is 10.6. The summed E-state index contributed by atoms with van der Waals surface area (Å²) in [5.41, 5.74) is -0.0358. The second-order valence-corrected chi connectivity index (χ2v) is 4.73. The summed E-state index contributed by atoms with van der Waals surface area (Å²) in [6, 6.07) is 0.446. The Kier molecular flexibility index (Phi) is 2.78. The molecule has 0 aromatic carbocycles. The molecule has 1 aliphatic rings. The predicted octanol–water partition coefficient (Wildman–Crippen LogP) is 2.15. The van der Waals surface area contributed by atoms with Crippen molar-refractivity contribution in [1.82, 2.24) is 15.5 Å². The van der Waals surface area contributed by atoms with E-state index < -0.39 is 0 Å². The molecule has 1 heterocycles. The van der Waals surface area contributed by atoms with Crippen LogP contribution in [-0.2, 0) is 5.54 Å². The van der Waals surface area contributed by atoms with E-state index in [0.29, 0.717) is 11.9 Å². The third-order valence-electron chi connectivity index (χ3n) is 2.98. The second-order valence-electron chi connectivity index (χ2n) is 4.73.